The fourth-order valence-corrected chi connectivity index (χ4v) is 1.84. The van der Waals surface area contributed by atoms with Crippen LogP contribution in [-0.2, 0) is 0 Å². The van der Waals surface area contributed by atoms with Crippen LogP contribution in [0.5, 0.6) is 0 Å². The summed E-state index contributed by atoms with van der Waals surface area (Å²) in [5, 5.41) is 2.67. The lowest BCUT2D eigenvalue weighted by atomic mass is 10.6. The number of likely N-dealkylation sites (N-methyl/N-ethyl adjacent to an activating group) is 1. The Morgan fingerprint density at radius 3 is 2.92 bits per heavy atom. The van der Waals surface area contributed by atoms with Crippen LogP contribution >= 0.6 is 11.3 Å². The molecule has 2 rings (SSSR count). The van der Waals surface area contributed by atoms with Crippen molar-refractivity contribution in [1.29, 1.82) is 0 Å². The maximum Gasteiger partial charge on any atom is 0.326 e. The van der Waals surface area contributed by atoms with Crippen molar-refractivity contribution in [3.05, 3.63) is 11.6 Å². The van der Waals surface area contributed by atoms with E-state index in [4.69, 9.17) is 0 Å². The minimum Gasteiger partial charge on any atom is -0.326 e. The zero-order chi connectivity index (χ0) is 8.55. The highest BCUT2D eigenvalue weighted by Crippen LogP contribution is 2.21. The predicted molar refractivity (Wildman–Crippen MR) is 47.5 cm³/mol. The Morgan fingerprint density at radius 1 is 1.58 bits per heavy atom. The summed E-state index contributed by atoms with van der Waals surface area (Å²) >= 11 is 1.49. The number of rotatable bonds is 1. The van der Waals surface area contributed by atoms with Crippen LogP contribution in [0.2, 0.25) is 0 Å². The van der Waals surface area contributed by atoms with E-state index in [0.29, 0.717) is 0 Å². The first-order chi connectivity index (χ1) is 5.79. The molecule has 0 radical (unpaired) electrons. The monoisotopic (exact) mass is 183 g/mol. The molecule has 1 aromatic heterocycles. The fraction of sp³-hybridized carbons (Fsp3) is 0.429. The van der Waals surface area contributed by atoms with Crippen LogP contribution < -0.4 is 4.90 Å². The van der Waals surface area contributed by atoms with Gasteiger partial charge in [-0.15, -0.1) is 11.3 Å². The highest BCUT2D eigenvalue weighted by molar-refractivity contribution is 7.13. The number of nitrogens with zero attached hydrogens (tertiary/aromatic N) is 3. The molecular formula is C7H9N3OS. The molecule has 5 heteroatoms. The van der Waals surface area contributed by atoms with Crippen LogP contribution in [0.1, 0.15) is 0 Å². The van der Waals surface area contributed by atoms with Crippen LogP contribution in [0.15, 0.2) is 11.6 Å². The zero-order valence-corrected chi connectivity index (χ0v) is 7.54. The summed E-state index contributed by atoms with van der Waals surface area (Å²) in [6, 6.07) is 0.0463. The Labute approximate surface area is 74.4 Å². The SMILES string of the molecule is CN1CCN(c2nccs2)C1=O. The first-order valence-electron chi connectivity index (χ1n) is 3.71. The second-order valence-electron chi connectivity index (χ2n) is 2.67. The first kappa shape index (κ1) is 7.54. The van der Waals surface area contributed by atoms with Crippen LogP contribution in [0.4, 0.5) is 9.93 Å². The van der Waals surface area contributed by atoms with Crippen molar-refractivity contribution in [2.45, 2.75) is 0 Å². The van der Waals surface area contributed by atoms with E-state index in [2.05, 4.69) is 4.98 Å². The normalized spacial score (nSPS) is 17.6. The van der Waals surface area contributed by atoms with Crippen molar-refractivity contribution in [1.82, 2.24) is 9.88 Å². The van der Waals surface area contributed by atoms with Gasteiger partial charge in [0.25, 0.3) is 0 Å². The Balaban J connectivity index is 2.22. The molecule has 1 saturated heterocycles. The third-order valence-electron chi connectivity index (χ3n) is 1.87. The van der Waals surface area contributed by atoms with Crippen molar-refractivity contribution in [3.63, 3.8) is 0 Å². The van der Waals surface area contributed by atoms with E-state index in [9.17, 15) is 4.79 Å². The summed E-state index contributed by atoms with van der Waals surface area (Å²) in [5.74, 6) is 0. The Hall–Kier alpha value is -1.10. The van der Waals surface area contributed by atoms with Crippen molar-refractivity contribution < 1.29 is 4.79 Å². The molecule has 12 heavy (non-hydrogen) atoms. The van der Waals surface area contributed by atoms with Crippen molar-refractivity contribution in [2.75, 3.05) is 25.0 Å². The van der Waals surface area contributed by atoms with E-state index < -0.39 is 0 Å². The topological polar surface area (TPSA) is 36.4 Å². The molecule has 1 fully saturated rings. The number of hydrogen-bond acceptors (Lipinski definition) is 3. The molecule has 64 valence electrons. The Bertz CT molecular complexity index is 285. The van der Waals surface area contributed by atoms with Gasteiger partial charge < -0.3 is 4.90 Å². The average molecular weight is 183 g/mol. The summed E-state index contributed by atoms with van der Waals surface area (Å²) in [6.45, 7) is 1.54. The third-order valence-corrected chi connectivity index (χ3v) is 2.66. The summed E-state index contributed by atoms with van der Waals surface area (Å²) in [5.41, 5.74) is 0. The molecule has 0 saturated carbocycles. The van der Waals surface area contributed by atoms with E-state index in [1.54, 1.807) is 23.0 Å². The van der Waals surface area contributed by atoms with Gasteiger partial charge in [-0.05, 0) is 0 Å². The molecule has 0 aliphatic carbocycles. The number of thiazole rings is 1. The average Bonchev–Trinajstić information content (AvgIpc) is 2.64. The molecule has 0 spiro atoms. The lowest BCUT2D eigenvalue weighted by Crippen LogP contribution is -2.28. The number of anilines is 1. The standard InChI is InChI=1S/C7H9N3OS/c1-9-3-4-10(7(9)11)6-8-2-5-12-6/h2,5H,3-4H2,1H3. The summed E-state index contributed by atoms with van der Waals surface area (Å²) in [4.78, 5) is 18.9. The fourth-order valence-electron chi connectivity index (χ4n) is 1.17. The van der Waals surface area contributed by atoms with E-state index >= 15 is 0 Å². The minimum atomic E-state index is 0.0463. The third kappa shape index (κ3) is 1.06. The van der Waals surface area contributed by atoms with Gasteiger partial charge in [0.15, 0.2) is 5.13 Å². The van der Waals surface area contributed by atoms with E-state index in [-0.39, 0.29) is 6.03 Å². The molecule has 0 unspecified atom stereocenters. The van der Waals surface area contributed by atoms with E-state index in [0.717, 1.165) is 18.2 Å². The predicted octanol–water partition coefficient (Wildman–Crippen LogP) is 1.01. The maximum absolute atomic E-state index is 11.4. The number of urea groups is 1. The Kier molecular flexibility index (Phi) is 1.73. The van der Waals surface area contributed by atoms with Crippen LogP contribution in [-0.4, -0.2) is 36.1 Å². The molecule has 0 N–H and O–H groups in total. The lowest BCUT2D eigenvalue weighted by molar-refractivity contribution is 0.229. The summed E-state index contributed by atoms with van der Waals surface area (Å²) in [7, 11) is 1.80. The quantitative estimate of drug-likeness (QED) is 0.651. The first-order valence-corrected chi connectivity index (χ1v) is 4.59. The molecule has 0 bridgehead atoms. The second-order valence-corrected chi connectivity index (χ2v) is 3.54. The smallest absolute Gasteiger partial charge is 0.326 e. The molecular weight excluding hydrogens is 174 g/mol. The minimum absolute atomic E-state index is 0.0463. The van der Waals surface area contributed by atoms with Gasteiger partial charge in [0, 0.05) is 31.7 Å². The molecule has 1 aliphatic rings. The molecule has 1 aliphatic heterocycles. The molecule has 1 aromatic rings. The van der Waals surface area contributed by atoms with Gasteiger partial charge in [0.05, 0.1) is 0 Å². The highest BCUT2D eigenvalue weighted by atomic mass is 32.1. The van der Waals surface area contributed by atoms with Crippen LogP contribution in [0.25, 0.3) is 0 Å². The number of amides is 2. The van der Waals surface area contributed by atoms with Crippen molar-refractivity contribution in [2.24, 2.45) is 0 Å². The number of hydrogen-bond donors (Lipinski definition) is 0. The number of aromatic nitrogens is 1. The van der Waals surface area contributed by atoms with Crippen LogP contribution in [0, 0.1) is 0 Å². The van der Waals surface area contributed by atoms with Crippen LogP contribution in [0.3, 0.4) is 0 Å². The summed E-state index contributed by atoms with van der Waals surface area (Å²) in [6.07, 6.45) is 1.71. The van der Waals surface area contributed by atoms with Crippen molar-refractivity contribution >= 4 is 22.5 Å². The van der Waals surface area contributed by atoms with Gasteiger partial charge in [-0.2, -0.15) is 0 Å². The van der Waals surface area contributed by atoms with Gasteiger partial charge in [0.2, 0.25) is 0 Å². The maximum atomic E-state index is 11.4. The number of carbonyl (C=O) groups excluding carboxylic acids is 1. The lowest BCUT2D eigenvalue weighted by Gasteiger charge is -2.11. The Morgan fingerprint density at radius 2 is 2.42 bits per heavy atom. The number of carbonyl (C=O) groups is 1. The molecule has 2 amide bonds. The van der Waals surface area contributed by atoms with E-state index in [1.165, 1.54) is 11.3 Å². The van der Waals surface area contributed by atoms with Gasteiger partial charge in [-0.25, -0.2) is 9.78 Å². The zero-order valence-electron chi connectivity index (χ0n) is 6.73. The van der Waals surface area contributed by atoms with Gasteiger partial charge >= 0.3 is 6.03 Å². The highest BCUT2D eigenvalue weighted by Gasteiger charge is 2.27. The van der Waals surface area contributed by atoms with Gasteiger partial charge in [0.1, 0.15) is 0 Å². The molecule has 4 nitrogen and oxygen atoms in total. The molecule has 0 aromatic carbocycles. The van der Waals surface area contributed by atoms with E-state index in [1.807, 2.05) is 5.38 Å². The largest absolute Gasteiger partial charge is 0.326 e. The second kappa shape index (κ2) is 2.75. The van der Waals surface area contributed by atoms with Gasteiger partial charge in [-0.1, -0.05) is 0 Å². The summed E-state index contributed by atoms with van der Waals surface area (Å²) < 4.78 is 0. The van der Waals surface area contributed by atoms with Crippen molar-refractivity contribution in [3.8, 4) is 0 Å². The molecule has 2 heterocycles. The molecule has 0 atom stereocenters. The van der Waals surface area contributed by atoms with Gasteiger partial charge in [-0.3, -0.25) is 4.90 Å².